The summed E-state index contributed by atoms with van der Waals surface area (Å²) in [4.78, 5) is 9.57. The fourth-order valence-electron chi connectivity index (χ4n) is 3.98. The Hall–Kier alpha value is -2.14. The lowest BCUT2D eigenvalue weighted by Gasteiger charge is -2.19. The van der Waals surface area contributed by atoms with Crippen molar-refractivity contribution in [3.8, 4) is 11.4 Å². The predicted octanol–water partition coefficient (Wildman–Crippen LogP) is 4.87. The van der Waals surface area contributed by atoms with E-state index in [-0.39, 0.29) is 0 Å². The Bertz CT molecular complexity index is 708. The second kappa shape index (κ2) is 9.18. The zero-order chi connectivity index (χ0) is 18.3. The van der Waals surface area contributed by atoms with Gasteiger partial charge in [0.1, 0.15) is 11.6 Å². The SMILES string of the molecule is c1ccc(-c2nc(NCC3CCCO3)cc(NC3CCCCCC3)n2)cc1. The lowest BCUT2D eigenvalue weighted by atomic mass is 10.1. The number of hydrogen-bond acceptors (Lipinski definition) is 5. The number of benzene rings is 1. The van der Waals surface area contributed by atoms with Crippen LogP contribution in [0.1, 0.15) is 51.4 Å². The first-order valence-electron chi connectivity index (χ1n) is 10.4. The van der Waals surface area contributed by atoms with Gasteiger partial charge in [0.05, 0.1) is 6.10 Å². The Labute approximate surface area is 162 Å². The van der Waals surface area contributed by atoms with Gasteiger partial charge in [-0.25, -0.2) is 9.97 Å². The largest absolute Gasteiger partial charge is 0.376 e. The Balaban J connectivity index is 1.53. The molecule has 1 saturated carbocycles. The summed E-state index contributed by atoms with van der Waals surface area (Å²) >= 11 is 0. The quantitative estimate of drug-likeness (QED) is 0.714. The molecule has 1 aromatic heterocycles. The van der Waals surface area contributed by atoms with Crippen molar-refractivity contribution in [2.75, 3.05) is 23.8 Å². The Morgan fingerprint density at radius 2 is 1.67 bits per heavy atom. The van der Waals surface area contributed by atoms with E-state index in [9.17, 15) is 0 Å². The van der Waals surface area contributed by atoms with Gasteiger partial charge in [0.2, 0.25) is 0 Å². The topological polar surface area (TPSA) is 59.1 Å². The van der Waals surface area contributed by atoms with E-state index in [4.69, 9.17) is 14.7 Å². The van der Waals surface area contributed by atoms with Crippen LogP contribution in [0, 0.1) is 0 Å². The number of anilines is 2. The number of nitrogens with zero attached hydrogens (tertiary/aromatic N) is 2. The van der Waals surface area contributed by atoms with E-state index in [0.29, 0.717) is 12.1 Å². The van der Waals surface area contributed by atoms with E-state index in [1.807, 2.05) is 24.3 Å². The monoisotopic (exact) mass is 366 g/mol. The average Bonchev–Trinajstić information content (AvgIpc) is 3.11. The van der Waals surface area contributed by atoms with Crippen molar-refractivity contribution < 1.29 is 4.74 Å². The fraction of sp³-hybridized carbons (Fsp3) is 0.545. The third-order valence-corrected chi connectivity index (χ3v) is 5.50. The summed E-state index contributed by atoms with van der Waals surface area (Å²) in [5, 5.41) is 7.15. The van der Waals surface area contributed by atoms with Crippen LogP contribution in [0.25, 0.3) is 11.4 Å². The molecule has 0 bridgehead atoms. The van der Waals surface area contributed by atoms with Crippen LogP contribution in [0.15, 0.2) is 36.4 Å². The zero-order valence-corrected chi connectivity index (χ0v) is 16.0. The number of rotatable bonds is 6. The first-order valence-corrected chi connectivity index (χ1v) is 10.4. The van der Waals surface area contributed by atoms with Crippen LogP contribution in [0.3, 0.4) is 0 Å². The molecule has 2 fully saturated rings. The molecule has 0 amide bonds. The molecule has 5 nitrogen and oxygen atoms in total. The molecule has 2 N–H and O–H groups in total. The second-order valence-corrected chi connectivity index (χ2v) is 7.68. The van der Waals surface area contributed by atoms with E-state index in [1.165, 1.54) is 38.5 Å². The van der Waals surface area contributed by atoms with Gasteiger partial charge in [0.25, 0.3) is 0 Å². The van der Waals surface area contributed by atoms with Gasteiger partial charge in [-0.05, 0) is 25.7 Å². The molecular formula is C22H30N4O. The van der Waals surface area contributed by atoms with Crippen molar-refractivity contribution in [3.05, 3.63) is 36.4 Å². The van der Waals surface area contributed by atoms with E-state index >= 15 is 0 Å². The fourth-order valence-corrected chi connectivity index (χ4v) is 3.98. The smallest absolute Gasteiger partial charge is 0.163 e. The normalized spacial score (nSPS) is 21.0. The molecule has 144 valence electrons. The number of ether oxygens (including phenoxy) is 1. The third-order valence-electron chi connectivity index (χ3n) is 5.50. The Kier molecular flexibility index (Phi) is 6.20. The molecule has 1 unspecified atom stereocenters. The van der Waals surface area contributed by atoms with E-state index in [2.05, 4.69) is 22.8 Å². The average molecular weight is 367 g/mol. The van der Waals surface area contributed by atoms with Gasteiger partial charge in [-0.3, -0.25) is 0 Å². The van der Waals surface area contributed by atoms with Crippen molar-refractivity contribution in [2.24, 2.45) is 0 Å². The second-order valence-electron chi connectivity index (χ2n) is 7.68. The molecule has 2 heterocycles. The molecule has 0 spiro atoms. The van der Waals surface area contributed by atoms with Gasteiger partial charge < -0.3 is 15.4 Å². The summed E-state index contributed by atoms with van der Waals surface area (Å²) in [7, 11) is 0. The summed E-state index contributed by atoms with van der Waals surface area (Å²) in [6.07, 6.45) is 10.3. The minimum atomic E-state index is 0.290. The standard InChI is InChI=1S/C22H30N4O/c1-2-7-12-18(11-6-1)24-21-15-20(23-16-19-13-8-14-27-19)25-22(26-21)17-9-4-3-5-10-17/h3-5,9-10,15,18-19H,1-2,6-8,11-14,16H2,(H2,23,24,25,26). The maximum absolute atomic E-state index is 5.73. The predicted molar refractivity (Wildman–Crippen MR) is 110 cm³/mol. The van der Waals surface area contributed by atoms with E-state index in [0.717, 1.165) is 49.0 Å². The Morgan fingerprint density at radius 3 is 2.41 bits per heavy atom. The molecule has 2 aliphatic rings. The zero-order valence-electron chi connectivity index (χ0n) is 16.0. The van der Waals surface area contributed by atoms with Crippen molar-refractivity contribution in [2.45, 2.75) is 63.5 Å². The van der Waals surface area contributed by atoms with E-state index < -0.39 is 0 Å². The molecule has 1 saturated heterocycles. The van der Waals surface area contributed by atoms with Gasteiger partial charge in [-0.1, -0.05) is 56.0 Å². The van der Waals surface area contributed by atoms with Gasteiger partial charge >= 0.3 is 0 Å². The number of nitrogens with one attached hydrogen (secondary N) is 2. The van der Waals surface area contributed by atoms with Crippen LogP contribution in [0.2, 0.25) is 0 Å². The maximum atomic E-state index is 5.73. The van der Waals surface area contributed by atoms with Crippen LogP contribution < -0.4 is 10.6 Å². The highest BCUT2D eigenvalue weighted by Gasteiger charge is 2.17. The van der Waals surface area contributed by atoms with Crippen molar-refractivity contribution >= 4 is 11.6 Å². The van der Waals surface area contributed by atoms with Crippen LogP contribution in [-0.2, 0) is 4.74 Å². The van der Waals surface area contributed by atoms with Crippen LogP contribution in [-0.4, -0.2) is 35.3 Å². The first kappa shape index (κ1) is 18.2. The molecule has 1 aliphatic carbocycles. The molecule has 1 aliphatic heterocycles. The van der Waals surface area contributed by atoms with Gasteiger partial charge in [-0.15, -0.1) is 0 Å². The van der Waals surface area contributed by atoms with Crippen molar-refractivity contribution in [1.29, 1.82) is 0 Å². The summed E-state index contributed by atoms with van der Waals surface area (Å²) in [5.41, 5.74) is 1.04. The molecule has 1 aromatic carbocycles. The van der Waals surface area contributed by atoms with Gasteiger partial charge in [-0.2, -0.15) is 0 Å². The highest BCUT2D eigenvalue weighted by Crippen LogP contribution is 2.24. The lowest BCUT2D eigenvalue weighted by molar-refractivity contribution is 0.120. The third kappa shape index (κ3) is 5.19. The highest BCUT2D eigenvalue weighted by molar-refractivity contribution is 5.61. The van der Waals surface area contributed by atoms with Crippen LogP contribution >= 0.6 is 0 Å². The molecule has 27 heavy (non-hydrogen) atoms. The van der Waals surface area contributed by atoms with Crippen molar-refractivity contribution in [1.82, 2.24) is 9.97 Å². The minimum absolute atomic E-state index is 0.290. The Morgan fingerprint density at radius 1 is 0.889 bits per heavy atom. The summed E-state index contributed by atoms with van der Waals surface area (Å²) in [5.74, 6) is 2.56. The van der Waals surface area contributed by atoms with Crippen LogP contribution in [0.5, 0.6) is 0 Å². The van der Waals surface area contributed by atoms with Crippen LogP contribution in [0.4, 0.5) is 11.6 Å². The number of hydrogen-bond donors (Lipinski definition) is 2. The summed E-state index contributed by atoms with van der Waals surface area (Å²) < 4.78 is 5.73. The molecule has 4 rings (SSSR count). The molecular weight excluding hydrogens is 336 g/mol. The molecule has 0 radical (unpaired) electrons. The molecule has 1 atom stereocenters. The van der Waals surface area contributed by atoms with Crippen molar-refractivity contribution in [3.63, 3.8) is 0 Å². The highest BCUT2D eigenvalue weighted by atomic mass is 16.5. The minimum Gasteiger partial charge on any atom is -0.376 e. The maximum Gasteiger partial charge on any atom is 0.163 e. The van der Waals surface area contributed by atoms with E-state index in [1.54, 1.807) is 0 Å². The number of aromatic nitrogens is 2. The molecule has 2 aromatic rings. The van der Waals surface area contributed by atoms with Gasteiger partial charge in [0, 0.05) is 30.8 Å². The first-order chi connectivity index (χ1) is 13.4. The summed E-state index contributed by atoms with van der Waals surface area (Å²) in [6.45, 7) is 1.67. The lowest BCUT2D eigenvalue weighted by Crippen LogP contribution is -2.21. The molecule has 5 heteroatoms. The van der Waals surface area contributed by atoms with Gasteiger partial charge in [0.15, 0.2) is 5.82 Å². The summed E-state index contributed by atoms with van der Waals surface area (Å²) in [6, 6.07) is 12.8.